The molecule has 0 bridgehead atoms. The fourth-order valence-corrected chi connectivity index (χ4v) is 1.57. The Kier molecular flexibility index (Phi) is 2.20. The fraction of sp³-hybridized carbons (Fsp3) is 0.0909. The molecule has 2 aromatic rings. The lowest BCUT2D eigenvalue weighted by atomic mass is 10.0. The summed E-state index contributed by atoms with van der Waals surface area (Å²) in [6.07, 6.45) is 0. The van der Waals surface area contributed by atoms with Crippen molar-refractivity contribution in [2.45, 2.75) is 6.92 Å². The first-order valence-corrected chi connectivity index (χ1v) is 4.50. The maximum atomic E-state index is 9.82. The predicted octanol–water partition coefficient (Wildman–Crippen LogP) is 3.80. The molecule has 1 N–H and O–H groups in total. The van der Waals surface area contributed by atoms with Crippen molar-refractivity contribution in [1.82, 2.24) is 0 Å². The Morgan fingerprint density at radius 2 is 2.00 bits per heavy atom. The van der Waals surface area contributed by atoms with E-state index in [2.05, 4.69) is 10.0 Å². The molecule has 0 saturated carbocycles. The highest BCUT2D eigenvalue weighted by atomic mass is 16.3. The molecule has 2 aromatic carbocycles. The largest absolute Gasteiger partial charge is 0.507 e. The van der Waals surface area contributed by atoms with Crippen LogP contribution in [0.2, 0.25) is 0 Å². The van der Waals surface area contributed by atoms with Crippen molar-refractivity contribution in [2.75, 3.05) is 0 Å². The standard InChI is InChI=1S/C11H9N3O/c1-7-5-6-8-9(11(7)15)3-2-4-10(8)13-14-12/h2-6,15H,1H3. The second-order valence-corrected chi connectivity index (χ2v) is 3.29. The van der Waals surface area contributed by atoms with Crippen LogP contribution >= 0.6 is 0 Å². The molecule has 0 aromatic heterocycles. The third-order valence-electron chi connectivity index (χ3n) is 2.36. The van der Waals surface area contributed by atoms with Gasteiger partial charge in [-0.15, -0.1) is 0 Å². The smallest absolute Gasteiger partial charge is 0.126 e. The molecule has 0 unspecified atom stereocenters. The quantitative estimate of drug-likeness (QED) is 0.423. The summed E-state index contributed by atoms with van der Waals surface area (Å²) in [6, 6.07) is 8.92. The minimum absolute atomic E-state index is 0.238. The highest BCUT2D eigenvalue weighted by molar-refractivity contribution is 5.97. The van der Waals surface area contributed by atoms with Crippen molar-refractivity contribution in [1.29, 1.82) is 0 Å². The molecular formula is C11H9N3O. The molecular weight excluding hydrogens is 190 g/mol. The fourth-order valence-electron chi connectivity index (χ4n) is 1.57. The predicted molar refractivity (Wildman–Crippen MR) is 59.2 cm³/mol. The lowest BCUT2D eigenvalue weighted by molar-refractivity contribution is 0.477. The van der Waals surface area contributed by atoms with Gasteiger partial charge in [-0.2, -0.15) is 0 Å². The lowest BCUT2D eigenvalue weighted by Crippen LogP contribution is -1.78. The highest BCUT2D eigenvalue weighted by Crippen LogP contribution is 2.33. The summed E-state index contributed by atoms with van der Waals surface area (Å²) < 4.78 is 0. The normalized spacial score (nSPS) is 9.93. The molecule has 0 heterocycles. The summed E-state index contributed by atoms with van der Waals surface area (Å²) >= 11 is 0. The molecule has 0 aliphatic carbocycles. The number of nitrogens with zero attached hydrogens (tertiary/aromatic N) is 3. The summed E-state index contributed by atoms with van der Waals surface area (Å²) in [6.45, 7) is 1.83. The lowest BCUT2D eigenvalue weighted by Gasteiger charge is -2.05. The summed E-state index contributed by atoms with van der Waals surface area (Å²) in [5.41, 5.74) is 9.74. The van der Waals surface area contributed by atoms with E-state index in [1.54, 1.807) is 24.3 Å². The van der Waals surface area contributed by atoms with E-state index in [-0.39, 0.29) is 5.75 Å². The Morgan fingerprint density at radius 1 is 1.20 bits per heavy atom. The van der Waals surface area contributed by atoms with Crippen LogP contribution in [0.5, 0.6) is 5.75 Å². The van der Waals surface area contributed by atoms with Gasteiger partial charge in [0.2, 0.25) is 0 Å². The van der Waals surface area contributed by atoms with Crippen LogP contribution in [-0.2, 0) is 0 Å². The molecule has 0 radical (unpaired) electrons. The van der Waals surface area contributed by atoms with Gasteiger partial charge in [-0.1, -0.05) is 35.4 Å². The number of hydrogen-bond acceptors (Lipinski definition) is 2. The number of fused-ring (bicyclic) bond motifs is 1. The van der Waals surface area contributed by atoms with E-state index in [1.807, 2.05) is 13.0 Å². The van der Waals surface area contributed by atoms with Gasteiger partial charge in [0.25, 0.3) is 0 Å². The molecule has 74 valence electrons. The first-order valence-electron chi connectivity index (χ1n) is 4.50. The summed E-state index contributed by atoms with van der Waals surface area (Å²) in [4.78, 5) is 2.75. The Morgan fingerprint density at radius 3 is 2.73 bits per heavy atom. The van der Waals surface area contributed by atoms with Crippen molar-refractivity contribution >= 4 is 16.5 Å². The Hall–Kier alpha value is -2.19. The van der Waals surface area contributed by atoms with Crippen LogP contribution in [0, 0.1) is 6.92 Å². The molecule has 0 spiro atoms. The van der Waals surface area contributed by atoms with E-state index >= 15 is 0 Å². The van der Waals surface area contributed by atoms with E-state index in [1.165, 1.54) is 0 Å². The van der Waals surface area contributed by atoms with Gasteiger partial charge in [0.05, 0.1) is 0 Å². The molecule has 2 rings (SSSR count). The van der Waals surface area contributed by atoms with Gasteiger partial charge in [0.15, 0.2) is 0 Å². The average molecular weight is 199 g/mol. The Bertz CT molecular complexity index is 571. The molecule has 4 heteroatoms. The highest BCUT2D eigenvalue weighted by Gasteiger charge is 2.04. The molecule has 15 heavy (non-hydrogen) atoms. The monoisotopic (exact) mass is 199 g/mol. The van der Waals surface area contributed by atoms with Crippen molar-refractivity contribution in [3.8, 4) is 5.75 Å². The SMILES string of the molecule is Cc1ccc2c(N=[N+]=[N-])cccc2c1O. The molecule has 0 atom stereocenters. The van der Waals surface area contributed by atoms with Crippen LogP contribution in [0.4, 0.5) is 5.69 Å². The van der Waals surface area contributed by atoms with Crippen LogP contribution < -0.4 is 0 Å². The van der Waals surface area contributed by atoms with Gasteiger partial charge < -0.3 is 5.11 Å². The number of phenolic OH excluding ortho intramolecular Hbond substituents is 1. The van der Waals surface area contributed by atoms with Crippen LogP contribution in [0.15, 0.2) is 35.4 Å². The summed E-state index contributed by atoms with van der Waals surface area (Å²) in [7, 11) is 0. The molecule has 0 fully saturated rings. The number of benzene rings is 2. The average Bonchev–Trinajstić information content (AvgIpc) is 2.25. The van der Waals surface area contributed by atoms with Crippen LogP contribution in [0.1, 0.15) is 5.56 Å². The molecule has 0 aliphatic rings. The van der Waals surface area contributed by atoms with E-state index in [9.17, 15) is 5.11 Å². The topological polar surface area (TPSA) is 69.0 Å². The number of phenols is 1. The Labute approximate surface area is 86.4 Å². The first kappa shape index (κ1) is 9.37. The third kappa shape index (κ3) is 1.47. The first-order chi connectivity index (χ1) is 7.24. The van der Waals surface area contributed by atoms with Crippen molar-refractivity contribution < 1.29 is 5.11 Å². The molecule has 0 aliphatic heterocycles. The number of aromatic hydroxyl groups is 1. The molecule has 0 saturated heterocycles. The van der Waals surface area contributed by atoms with Crippen LogP contribution in [-0.4, -0.2) is 5.11 Å². The maximum Gasteiger partial charge on any atom is 0.126 e. The van der Waals surface area contributed by atoms with Gasteiger partial charge in [0.1, 0.15) is 5.75 Å². The number of aryl methyl sites for hydroxylation is 1. The van der Waals surface area contributed by atoms with E-state index in [0.717, 1.165) is 10.9 Å². The Balaban J connectivity index is 2.89. The van der Waals surface area contributed by atoms with Crippen molar-refractivity contribution in [2.24, 2.45) is 5.11 Å². The summed E-state index contributed by atoms with van der Waals surface area (Å²) in [5, 5.41) is 14.9. The minimum atomic E-state index is 0.238. The summed E-state index contributed by atoms with van der Waals surface area (Å²) in [5.74, 6) is 0.238. The van der Waals surface area contributed by atoms with E-state index in [4.69, 9.17) is 5.53 Å². The number of hydrogen-bond donors (Lipinski definition) is 1. The van der Waals surface area contributed by atoms with Crippen molar-refractivity contribution in [3.63, 3.8) is 0 Å². The minimum Gasteiger partial charge on any atom is -0.507 e. The van der Waals surface area contributed by atoms with Gasteiger partial charge in [0, 0.05) is 16.0 Å². The second kappa shape index (κ2) is 3.52. The molecule has 0 amide bonds. The maximum absolute atomic E-state index is 9.82. The van der Waals surface area contributed by atoms with Crippen LogP contribution in [0.25, 0.3) is 21.2 Å². The number of azide groups is 1. The van der Waals surface area contributed by atoms with Crippen LogP contribution in [0.3, 0.4) is 0 Å². The zero-order valence-corrected chi connectivity index (χ0v) is 8.18. The van der Waals surface area contributed by atoms with E-state index in [0.29, 0.717) is 11.1 Å². The van der Waals surface area contributed by atoms with Gasteiger partial charge in [-0.3, -0.25) is 0 Å². The van der Waals surface area contributed by atoms with Gasteiger partial charge in [-0.25, -0.2) is 0 Å². The number of rotatable bonds is 1. The van der Waals surface area contributed by atoms with Gasteiger partial charge >= 0.3 is 0 Å². The zero-order chi connectivity index (χ0) is 10.8. The second-order valence-electron chi connectivity index (χ2n) is 3.29. The van der Waals surface area contributed by atoms with E-state index < -0.39 is 0 Å². The molecule has 4 nitrogen and oxygen atoms in total. The van der Waals surface area contributed by atoms with Crippen molar-refractivity contribution in [3.05, 3.63) is 46.3 Å². The third-order valence-corrected chi connectivity index (χ3v) is 2.36. The van der Waals surface area contributed by atoms with Gasteiger partial charge in [-0.05, 0) is 23.4 Å². The zero-order valence-electron chi connectivity index (χ0n) is 8.18.